The summed E-state index contributed by atoms with van der Waals surface area (Å²) in [4.78, 5) is 13.3. The molecule has 0 radical (unpaired) electrons. The van der Waals surface area contributed by atoms with E-state index < -0.39 is 0 Å². The third-order valence-electron chi connectivity index (χ3n) is 3.28. The van der Waals surface area contributed by atoms with Gasteiger partial charge in [-0.25, -0.2) is 0 Å². The third kappa shape index (κ3) is 3.28. The van der Waals surface area contributed by atoms with Gasteiger partial charge in [0.2, 0.25) is 0 Å². The number of likely N-dealkylation sites (tertiary alicyclic amines) is 1. The molecule has 1 aliphatic rings. The maximum atomic E-state index is 10.8. The highest BCUT2D eigenvalue weighted by Crippen LogP contribution is 2.25. The minimum Gasteiger partial charge on any atom is -0.374 e. The summed E-state index contributed by atoms with van der Waals surface area (Å²) in [6.45, 7) is 8.77. The Kier molecular flexibility index (Phi) is 4.29. The van der Waals surface area contributed by atoms with Crippen LogP contribution < -0.4 is 0 Å². The van der Waals surface area contributed by atoms with Gasteiger partial charge in [-0.3, -0.25) is 4.90 Å². The largest absolute Gasteiger partial charge is 0.374 e. The SMILES string of the molecule is COC(C=O)C1CCCN(C(C)(C)C)C1. The average Bonchev–Trinajstić information content (AvgIpc) is 2.19. The first-order valence-electron chi connectivity index (χ1n) is 5.72. The van der Waals surface area contributed by atoms with Gasteiger partial charge in [-0.1, -0.05) is 0 Å². The highest BCUT2D eigenvalue weighted by atomic mass is 16.5. The summed E-state index contributed by atoms with van der Waals surface area (Å²) >= 11 is 0. The Morgan fingerprint density at radius 1 is 1.47 bits per heavy atom. The van der Waals surface area contributed by atoms with E-state index in [1.165, 1.54) is 0 Å². The fourth-order valence-electron chi connectivity index (χ4n) is 2.25. The summed E-state index contributed by atoms with van der Waals surface area (Å²) in [6, 6.07) is 0. The Morgan fingerprint density at radius 2 is 2.13 bits per heavy atom. The van der Waals surface area contributed by atoms with Crippen molar-refractivity contribution in [2.45, 2.75) is 45.3 Å². The third-order valence-corrected chi connectivity index (χ3v) is 3.28. The van der Waals surface area contributed by atoms with Crippen LogP contribution in [0, 0.1) is 5.92 Å². The number of nitrogens with zero attached hydrogens (tertiary/aromatic N) is 1. The van der Waals surface area contributed by atoms with E-state index >= 15 is 0 Å². The van der Waals surface area contributed by atoms with Crippen molar-refractivity contribution in [3.63, 3.8) is 0 Å². The Bertz CT molecular complexity index is 210. The van der Waals surface area contributed by atoms with Gasteiger partial charge in [-0.05, 0) is 40.2 Å². The van der Waals surface area contributed by atoms with E-state index in [9.17, 15) is 4.79 Å². The number of carbonyl (C=O) groups excluding carboxylic acids is 1. The van der Waals surface area contributed by atoms with Gasteiger partial charge in [-0.2, -0.15) is 0 Å². The molecule has 0 aromatic carbocycles. The van der Waals surface area contributed by atoms with Gasteiger partial charge >= 0.3 is 0 Å². The number of piperidine rings is 1. The van der Waals surface area contributed by atoms with E-state index in [2.05, 4.69) is 25.7 Å². The van der Waals surface area contributed by atoms with Crippen LogP contribution in [0.25, 0.3) is 0 Å². The van der Waals surface area contributed by atoms with Gasteiger partial charge in [0.1, 0.15) is 12.4 Å². The van der Waals surface area contributed by atoms with Gasteiger partial charge in [0.05, 0.1) is 0 Å². The predicted octanol–water partition coefficient (Wildman–Crippen LogP) is 1.71. The molecule has 0 bridgehead atoms. The second kappa shape index (κ2) is 5.08. The van der Waals surface area contributed by atoms with Crippen LogP contribution in [0.2, 0.25) is 0 Å². The molecular weight excluding hydrogens is 190 g/mol. The first-order valence-corrected chi connectivity index (χ1v) is 5.72. The van der Waals surface area contributed by atoms with Crippen LogP contribution in [0.3, 0.4) is 0 Å². The minimum absolute atomic E-state index is 0.194. The number of hydrogen-bond acceptors (Lipinski definition) is 3. The molecule has 1 aliphatic heterocycles. The Balaban J connectivity index is 2.59. The van der Waals surface area contributed by atoms with Gasteiger partial charge < -0.3 is 9.53 Å². The zero-order valence-corrected chi connectivity index (χ0v) is 10.3. The van der Waals surface area contributed by atoms with Crippen LogP contribution in [-0.4, -0.2) is 43.0 Å². The van der Waals surface area contributed by atoms with Crippen molar-refractivity contribution in [3.05, 3.63) is 0 Å². The lowest BCUT2D eigenvalue weighted by Crippen LogP contribution is -2.49. The summed E-state index contributed by atoms with van der Waals surface area (Å²) in [6.07, 6.45) is 2.98. The smallest absolute Gasteiger partial charge is 0.149 e. The Morgan fingerprint density at radius 3 is 2.60 bits per heavy atom. The van der Waals surface area contributed by atoms with Crippen molar-refractivity contribution in [3.8, 4) is 0 Å². The van der Waals surface area contributed by atoms with Crippen LogP contribution in [0.15, 0.2) is 0 Å². The first-order chi connectivity index (χ1) is 6.99. The lowest BCUT2D eigenvalue weighted by molar-refractivity contribution is -0.121. The van der Waals surface area contributed by atoms with Crippen molar-refractivity contribution in [1.82, 2.24) is 4.90 Å². The van der Waals surface area contributed by atoms with Gasteiger partial charge in [-0.15, -0.1) is 0 Å². The molecule has 1 rings (SSSR count). The van der Waals surface area contributed by atoms with Crippen molar-refractivity contribution < 1.29 is 9.53 Å². The second-order valence-corrected chi connectivity index (χ2v) is 5.36. The summed E-state index contributed by atoms with van der Waals surface area (Å²) < 4.78 is 5.21. The predicted molar refractivity (Wildman–Crippen MR) is 60.9 cm³/mol. The summed E-state index contributed by atoms with van der Waals surface area (Å²) in [5.41, 5.74) is 0.194. The average molecular weight is 213 g/mol. The molecule has 0 aliphatic carbocycles. The van der Waals surface area contributed by atoms with E-state index in [0.29, 0.717) is 5.92 Å². The number of carbonyl (C=O) groups is 1. The van der Waals surface area contributed by atoms with Crippen molar-refractivity contribution in [2.24, 2.45) is 5.92 Å². The van der Waals surface area contributed by atoms with E-state index in [-0.39, 0.29) is 11.6 Å². The number of aldehydes is 1. The molecule has 0 spiro atoms. The quantitative estimate of drug-likeness (QED) is 0.668. The molecule has 3 heteroatoms. The molecule has 3 nitrogen and oxygen atoms in total. The Labute approximate surface area is 92.8 Å². The van der Waals surface area contributed by atoms with Crippen LogP contribution in [0.1, 0.15) is 33.6 Å². The molecule has 1 saturated heterocycles. The van der Waals surface area contributed by atoms with Crippen molar-refractivity contribution >= 4 is 6.29 Å². The summed E-state index contributed by atoms with van der Waals surface area (Å²) in [5.74, 6) is 0.362. The molecule has 0 amide bonds. The maximum absolute atomic E-state index is 10.8. The fraction of sp³-hybridized carbons (Fsp3) is 0.917. The van der Waals surface area contributed by atoms with Crippen LogP contribution in [0.4, 0.5) is 0 Å². The van der Waals surface area contributed by atoms with Crippen molar-refractivity contribution in [2.75, 3.05) is 20.2 Å². The fourth-order valence-corrected chi connectivity index (χ4v) is 2.25. The summed E-state index contributed by atoms with van der Waals surface area (Å²) in [7, 11) is 1.62. The molecule has 15 heavy (non-hydrogen) atoms. The molecule has 88 valence electrons. The summed E-state index contributed by atoms with van der Waals surface area (Å²) in [5, 5.41) is 0. The van der Waals surface area contributed by atoms with Crippen molar-refractivity contribution in [1.29, 1.82) is 0 Å². The molecule has 0 aromatic rings. The minimum atomic E-state index is -0.227. The number of ether oxygens (including phenoxy) is 1. The molecule has 0 aromatic heterocycles. The molecule has 2 unspecified atom stereocenters. The first kappa shape index (κ1) is 12.7. The second-order valence-electron chi connectivity index (χ2n) is 5.36. The van der Waals surface area contributed by atoms with E-state index in [1.54, 1.807) is 7.11 Å². The van der Waals surface area contributed by atoms with Crippen LogP contribution in [-0.2, 0) is 9.53 Å². The van der Waals surface area contributed by atoms with Gasteiger partial charge in [0.15, 0.2) is 0 Å². The zero-order chi connectivity index (χ0) is 11.5. The topological polar surface area (TPSA) is 29.5 Å². The molecule has 0 N–H and O–H groups in total. The van der Waals surface area contributed by atoms with E-state index in [4.69, 9.17) is 4.74 Å². The molecule has 1 fully saturated rings. The maximum Gasteiger partial charge on any atom is 0.149 e. The van der Waals surface area contributed by atoms with Gasteiger partial charge in [0.25, 0.3) is 0 Å². The van der Waals surface area contributed by atoms with E-state index in [0.717, 1.165) is 32.2 Å². The molecule has 2 atom stereocenters. The molecule has 0 saturated carbocycles. The monoisotopic (exact) mass is 213 g/mol. The highest BCUT2D eigenvalue weighted by Gasteiger charge is 2.31. The lowest BCUT2D eigenvalue weighted by Gasteiger charge is -2.42. The van der Waals surface area contributed by atoms with E-state index in [1.807, 2.05) is 0 Å². The Hall–Kier alpha value is -0.410. The number of rotatable bonds is 3. The molecule has 1 heterocycles. The standard InChI is InChI=1S/C12H23NO2/c1-12(2,3)13-7-5-6-10(8-13)11(9-14)15-4/h9-11H,5-8H2,1-4H3. The van der Waals surface area contributed by atoms with Crippen LogP contribution in [0.5, 0.6) is 0 Å². The normalized spacial score (nSPS) is 26.3. The lowest BCUT2D eigenvalue weighted by atomic mass is 9.90. The van der Waals surface area contributed by atoms with Crippen LogP contribution >= 0.6 is 0 Å². The zero-order valence-electron chi connectivity index (χ0n) is 10.3. The number of hydrogen-bond donors (Lipinski definition) is 0. The molecular formula is C12H23NO2. The number of methoxy groups -OCH3 is 1. The van der Waals surface area contributed by atoms with Gasteiger partial charge in [0, 0.05) is 25.1 Å². The highest BCUT2D eigenvalue weighted by molar-refractivity contribution is 5.56.